The van der Waals surface area contributed by atoms with Gasteiger partial charge in [-0.1, -0.05) is 17.7 Å². The van der Waals surface area contributed by atoms with E-state index in [-0.39, 0.29) is 12.1 Å². The number of nitrogens with zero attached hydrogens (tertiary/aromatic N) is 2. The van der Waals surface area contributed by atoms with Crippen LogP contribution in [0.5, 0.6) is 0 Å². The lowest BCUT2D eigenvalue weighted by atomic mass is 10.0. The summed E-state index contributed by atoms with van der Waals surface area (Å²) in [6.07, 6.45) is 2.87. The number of thiocarbonyl (C=S) groups is 1. The molecule has 5 rings (SSSR count). The van der Waals surface area contributed by atoms with Crippen LogP contribution in [0.2, 0.25) is 5.02 Å². The predicted molar refractivity (Wildman–Crippen MR) is 147 cm³/mol. The molecular weight excluding hydrogens is 516 g/mol. The summed E-state index contributed by atoms with van der Waals surface area (Å²) in [5, 5.41) is 4.57. The van der Waals surface area contributed by atoms with Crippen molar-refractivity contribution in [1.29, 1.82) is 0 Å². The number of aryl methyl sites for hydroxylation is 1. The molecule has 0 aliphatic carbocycles. The number of sulfonamides is 1. The fourth-order valence-electron chi connectivity index (χ4n) is 4.31. The van der Waals surface area contributed by atoms with Crippen molar-refractivity contribution in [1.82, 2.24) is 10.3 Å². The highest BCUT2D eigenvalue weighted by Crippen LogP contribution is 2.43. The average molecular weight is 539 g/mol. The minimum atomic E-state index is -3.40. The molecular formula is C26H23ClN4O3S2. The van der Waals surface area contributed by atoms with Crippen molar-refractivity contribution in [2.75, 3.05) is 15.9 Å². The monoisotopic (exact) mass is 538 g/mol. The smallest absolute Gasteiger partial charge is 0.229 e. The first kappa shape index (κ1) is 24.3. The normalized spacial score (nSPS) is 17.8. The SMILES string of the molecule is Cc1cc(N2C(=S)N[C@@H](c3ccccn3)[C@@H]2c2ccc(-c3ccc(Cl)cc3)o2)ccc1NS(C)(=O)=O. The van der Waals surface area contributed by atoms with Gasteiger partial charge in [0.1, 0.15) is 17.6 Å². The lowest BCUT2D eigenvalue weighted by Gasteiger charge is -2.26. The van der Waals surface area contributed by atoms with E-state index in [4.69, 9.17) is 28.2 Å². The van der Waals surface area contributed by atoms with Gasteiger partial charge in [0.2, 0.25) is 10.0 Å². The number of rotatable bonds is 6. The van der Waals surface area contributed by atoms with E-state index < -0.39 is 10.0 Å². The van der Waals surface area contributed by atoms with E-state index in [1.165, 1.54) is 0 Å². The number of anilines is 2. The van der Waals surface area contributed by atoms with Crippen LogP contribution in [0.1, 0.15) is 29.1 Å². The van der Waals surface area contributed by atoms with E-state index in [1.54, 1.807) is 12.3 Å². The summed E-state index contributed by atoms with van der Waals surface area (Å²) in [7, 11) is -3.40. The molecule has 0 amide bonds. The maximum Gasteiger partial charge on any atom is 0.229 e. The van der Waals surface area contributed by atoms with Crippen LogP contribution in [-0.4, -0.2) is 24.8 Å². The van der Waals surface area contributed by atoms with Gasteiger partial charge in [0.15, 0.2) is 5.11 Å². The molecule has 0 spiro atoms. The first-order valence-corrected chi connectivity index (χ1v) is 13.8. The Kier molecular flexibility index (Phi) is 6.46. The number of benzene rings is 2. The molecule has 1 aliphatic rings. The molecule has 1 saturated heterocycles. The first-order chi connectivity index (χ1) is 17.2. The molecule has 0 bridgehead atoms. The second kappa shape index (κ2) is 9.57. The molecule has 7 nitrogen and oxygen atoms in total. The van der Waals surface area contributed by atoms with Gasteiger partial charge >= 0.3 is 0 Å². The van der Waals surface area contributed by atoms with Crippen LogP contribution >= 0.6 is 23.8 Å². The van der Waals surface area contributed by atoms with Crippen molar-refractivity contribution >= 4 is 50.3 Å². The number of pyridine rings is 1. The molecule has 3 heterocycles. The summed E-state index contributed by atoms with van der Waals surface area (Å²) in [4.78, 5) is 6.55. The number of furan rings is 1. The molecule has 0 saturated carbocycles. The minimum Gasteiger partial charge on any atom is -0.459 e. The molecule has 10 heteroatoms. The first-order valence-electron chi connectivity index (χ1n) is 11.1. The quantitative estimate of drug-likeness (QED) is 0.298. The Morgan fingerprint density at radius 3 is 2.53 bits per heavy atom. The van der Waals surface area contributed by atoms with Crippen LogP contribution in [0.3, 0.4) is 0 Å². The molecule has 1 aliphatic heterocycles. The van der Waals surface area contributed by atoms with Gasteiger partial charge in [-0.15, -0.1) is 0 Å². The largest absolute Gasteiger partial charge is 0.459 e. The van der Waals surface area contributed by atoms with E-state index in [1.807, 2.05) is 78.6 Å². The van der Waals surface area contributed by atoms with Gasteiger partial charge in [0.25, 0.3) is 0 Å². The molecule has 0 radical (unpaired) electrons. The van der Waals surface area contributed by atoms with Gasteiger partial charge < -0.3 is 14.6 Å². The molecule has 0 unspecified atom stereocenters. The van der Waals surface area contributed by atoms with E-state index >= 15 is 0 Å². The Bertz CT molecular complexity index is 1520. The second-order valence-electron chi connectivity index (χ2n) is 8.58. The van der Waals surface area contributed by atoms with Crippen LogP contribution in [0, 0.1) is 6.92 Å². The summed E-state index contributed by atoms with van der Waals surface area (Å²) in [6, 6.07) is 22.0. The Labute approximate surface area is 220 Å². The van der Waals surface area contributed by atoms with Crippen molar-refractivity contribution in [2.24, 2.45) is 0 Å². The number of halogens is 1. The fraction of sp³-hybridized carbons (Fsp3) is 0.154. The van der Waals surface area contributed by atoms with Gasteiger partial charge in [-0.3, -0.25) is 9.71 Å². The topological polar surface area (TPSA) is 87.5 Å². The van der Waals surface area contributed by atoms with Crippen molar-refractivity contribution in [3.8, 4) is 11.3 Å². The average Bonchev–Trinajstić information content (AvgIpc) is 3.45. The Balaban J connectivity index is 1.57. The number of hydrogen-bond acceptors (Lipinski definition) is 5. The summed E-state index contributed by atoms with van der Waals surface area (Å²) in [6.45, 7) is 1.85. The molecule has 4 aromatic rings. The zero-order valence-electron chi connectivity index (χ0n) is 19.5. The van der Waals surface area contributed by atoms with Crippen molar-refractivity contribution in [3.63, 3.8) is 0 Å². The lowest BCUT2D eigenvalue weighted by Crippen LogP contribution is -2.29. The lowest BCUT2D eigenvalue weighted by molar-refractivity contribution is 0.439. The molecule has 2 N–H and O–H groups in total. The maximum absolute atomic E-state index is 11.7. The maximum atomic E-state index is 11.7. The van der Waals surface area contributed by atoms with Crippen LogP contribution in [0.4, 0.5) is 11.4 Å². The molecule has 36 heavy (non-hydrogen) atoms. The van der Waals surface area contributed by atoms with Crippen LogP contribution < -0.4 is 14.9 Å². The Hall–Kier alpha value is -3.40. The zero-order valence-corrected chi connectivity index (χ0v) is 21.9. The summed E-state index contributed by atoms with van der Waals surface area (Å²) >= 11 is 11.8. The summed E-state index contributed by atoms with van der Waals surface area (Å²) in [5.41, 5.74) is 3.82. The van der Waals surface area contributed by atoms with Gasteiger partial charge in [-0.25, -0.2) is 8.42 Å². The van der Waals surface area contributed by atoms with Crippen molar-refractivity contribution in [3.05, 3.63) is 101 Å². The van der Waals surface area contributed by atoms with Crippen LogP contribution in [0.15, 0.2) is 83.4 Å². The molecule has 1 fully saturated rings. The molecule has 184 valence electrons. The van der Waals surface area contributed by atoms with E-state index in [2.05, 4.69) is 15.0 Å². The number of aromatic nitrogens is 1. The number of hydrogen-bond donors (Lipinski definition) is 2. The highest BCUT2D eigenvalue weighted by atomic mass is 35.5. The predicted octanol–water partition coefficient (Wildman–Crippen LogP) is 5.85. The molecule has 2 aromatic carbocycles. The Morgan fingerprint density at radius 2 is 1.86 bits per heavy atom. The highest BCUT2D eigenvalue weighted by Gasteiger charge is 2.42. The highest BCUT2D eigenvalue weighted by molar-refractivity contribution is 7.92. The van der Waals surface area contributed by atoms with Crippen LogP contribution in [0.25, 0.3) is 11.3 Å². The second-order valence-corrected chi connectivity index (χ2v) is 11.2. The fourth-order valence-corrected chi connectivity index (χ4v) is 5.42. The summed E-state index contributed by atoms with van der Waals surface area (Å²) in [5.74, 6) is 1.42. The zero-order chi connectivity index (χ0) is 25.4. The van der Waals surface area contributed by atoms with Crippen LogP contribution in [-0.2, 0) is 10.0 Å². The summed E-state index contributed by atoms with van der Waals surface area (Å²) < 4.78 is 32.4. The third-order valence-corrected chi connectivity index (χ3v) is 7.09. The van der Waals surface area contributed by atoms with Gasteiger partial charge in [-0.2, -0.15) is 0 Å². The van der Waals surface area contributed by atoms with Crippen molar-refractivity contribution < 1.29 is 12.8 Å². The third kappa shape index (κ3) is 4.95. The van der Waals surface area contributed by atoms with Gasteiger partial charge in [0, 0.05) is 22.5 Å². The van der Waals surface area contributed by atoms with E-state index in [0.717, 1.165) is 28.8 Å². The Morgan fingerprint density at radius 1 is 1.08 bits per heavy atom. The van der Waals surface area contributed by atoms with Gasteiger partial charge in [0.05, 0.1) is 23.7 Å². The van der Waals surface area contributed by atoms with Gasteiger partial charge in [-0.05, 0) is 91.4 Å². The molecule has 2 aromatic heterocycles. The molecule has 2 atom stereocenters. The van der Waals surface area contributed by atoms with E-state index in [9.17, 15) is 8.42 Å². The third-order valence-electron chi connectivity index (χ3n) is 5.93. The standard InChI is InChI=1S/C26H23ClN4O3S2/c1-16-15-19(10-11-20(16)30-36(2,32)33)31-25(24(29-26(31)35)21-5-3-4-14-28-21)23-13-12-22(34-23)17-6-8-18(27)9-7-17/h3-15,24-25,30H,1-2H3,(H,29,35)/t24-,25-/m0/s1. The van der Waals surface area contributed by atoms with Crippen molar-refractivity contribution in [2.45, 2.75) is 19.0 Å². The number of nitrogens with one attached hydrogen (secondary N) is 2. The minimum absolute atomic E-state index is 0.267. The van der Waals surface area contributed by atoms with E-state index in [0.29, 0.717) is 27.3 Å².